The van der Waals surface area contributed by atoms with Gasteiger partial charge in [-0.05, 0) is 18.1 Å². The van der Waals surface area contributed by atoms with Crippen LogP contribution >= 0.6 is 0 Å². The zero-order valence-corrected chi connectivity index (χ0v) is 11.5. The second-order valence-electron chi connectivity index (χ2n) is 5.09. The molecule has 0 amide bonds. The molecule has 0 bridgehead atoms. The topological polar surface area (TPSA) is 79.6 Å². The maximum Gasteiger partial charge on any atom is 0.269 e. The summed E-state index contributed by atoms with van der Waals surface area (Å²) in [6.07, 6.45) is 7.23. The molecule has 0 aromatic heterocycles. The number of benzene rings is 1. The monoisotopic (exact) mass is 284 g/mol. The van der Waals surface area contributed by atoms with Gasteiger partial charge in [-0.3, -0.25) is 15.1 Å². The van der Waals surface area contributed by atoms with Crippen molar-refractivity contribution in [3.05, 3.63) is 63.6 Å². The first-order valence-corrected chi connectivity index (χ1v) is 6.87. The minimum absolute atomic E-state index is 0.128. The number of nitrogens with zero attached hydrogens (tertiary/aromatic N) is 2. The van der Waals surface area contributed by atoms with Crippen LogP contribution in [0.15, 0.2) is 52.9 Å². The van der Waals surface area contributed by atoms with Crippen molar-refractivity contribution in [1.82, 2.24) is 10.6 Å². The number of hydrogen-bond acceptors (Lipinski definition) is 5. The Morgan fingerprint density at radius 2 is 2.14 bits per heavy atom. The summed E-state index contributed by atoms with van der Waals surface area (Å²) >= 11 is 0. The van der Waals surface area contributed by atoms with Crippen LogP contribution in [0.1, 0.15) is 12.0 Å². The van der Waals surface area contributed by atoms with E-state index in [4.69, 9.17) is 0 Å². The van der Waals surface area contributed by atoms with Crippen molar-refractivity contribution in [1.29, 1.82) is 0 Å². The molecule has 108 valence electrons. The zero-order valence-electron chi connectivity index (χ0n) is 11.5. The van der Waals surface area contributed by atoms with Gasteiger partial charge in [0.2, 0.25) is 0 Å². The van der Waals surface area contributed by atoms with E-state index in [9.17, 15) is 10.1 Å². The Labute approximate surface area is 122 Å². The normalized spacial score (nSPS) is 20.3. The predicted molar refractivity (Wildman–Crippen MR) is 81.0 cm³/mol. The van der Waals surface area contributed by atoms with E-state index in [0.29, 0.717) is 0 Å². The summed E-state index contributed by atoms with van der Waals surface area (Å²) < 4.78 is 0. The number of aliphatic imine (C=N–C) groups is 1. The van der Waals surface area contributed by atoms with E-state index < -0.39 is 0 Å². The van der Waals surface area contributed by atoms with Crippen LogP contribution in [-0.2, 0) is 6.42 Å². The molecule has 6 nitrogen and oxygen atoms in total. The molecular weight excluding hydrogens is 268 g/mol. The SMILES string of the molecule is O=[N+]([O-])c1ccc(CC2CNC3=C(CC=NC=C3)N2)cc1. The molecule has 2 N–H and O–H groups in total. The maximum absolute atomic E-state index is 10.7. The molecule has 21 heavy (non-hydrogen) atoms. The highest BCUT2D eigenvalue weighted by atomic mass is 16.6. The van der Waals surface area contributed by atoms with Gasteiger partial charge < -0.3 is 10.6 Å². The van der Waals surface area contributed by atoms with Crippen molar-refractivity contribution in [2.24, 2.45) is 4.99 Å². The van der Waals surface area contributed by atoms with Crippen LogP contribution in [0.5, 0.6) is 0 Å². The molecule has 0 spiro atoms. The number of nitro groups is 1. The number of hydrogen-bond donors (Lipinski definition) is 2. The van der Waals surface area contributed by atoms with Gasteiger partial charge in [0.25, 0.3) is 5.69 Å². The van der Waals surface area contributed by atoms with Gasteiger partial charge in [-0.25, -0.2) is 0 Å². The molecule has 2 aliphatic heterocycles. The highest BCUT2D eigenvalue weighted by Gasteiger charge is 2.19. The Morgan fingerprint density at radius 1 is 1.33 bits per heavy atom. The minimum atomic E-state index is -0.377. The Morgan fingerprint density at radius 3 is 2.90 bits per heavy atom. The van der Waals surface area contributed by atoms with Crippen molar-refractivity contribution in [2.75, 3.05) is 6.54 Å². The van der Waals surface area contributed by atoms with Crippen LogP contribution < -0.4 is 10.6 Å². The molecule has 0 aliphatic carbocycles. The van der Waals surface area contributed by atoms with Crippen LogP contribution in [-0.4, -0.2) is 23.7 Å². The third-order valence-electron chi connectivity index (χ3n) is 3.60. The van der Waals surface area contributed by atoms with E-state index in [1.54, 1.807) is 18.3 Å². The average Bonchev–Trinajstić information content (AvgIpc) is 2.72. The van der Waals surface area contributed by atoms with Crippen LogP contribution in [0.2, 0.25) is 0 Å². The summed E-state index contributed by atoms with van der Waals surface area (Å²) in [5.74, 6) is 0. The smallest absolute Gasteiger partial charge is 0.269 e. The van der Waals surface area contributed by atoms with E-state index in [2.05, 4.69) is 15.6 Å². The van der Waals surface area contributed by atoms with Gasteiger partial charge >= 0.3 is 0 Å². The summed E-state index contributed by atoms with van der Waals surface area (Å²) in [6, 6.07) is 7.01. The van der Waals surface area contributed by atoms with Crippen molar-refractivity contribution >= 4 is 11.9 Å². The Balaban J connectivity index is 1.67. The number of non-ortho nitro benzene ring substituents is 1. The average molecular weight is 284 g/mol. The Bertz CT molecular complexity index is 632. The lowest BCUT2D eigenvalue weighted by molar-refractivity contribution is -0.384. The van der Waals surface area contributed by atoms with Gasteiger partial charge in [0, 0.05) is 49.3 Å². The fraction of sp³-hybridized carbons (Fsp3) is 0.267. The lowest BCUT2D eigenvalue weighted by Crippen LogP contribution is -2.45. The lowest BCUT2D eigenvalue weighted by Gasteiger charge is -2.29. The van der Waals surface area contributed by atoms with Gasteiger partial charge in [0.1, 0.15) is 0 Å². The van der Waals surface area contributed by atoms with Crippen molar-refractivity contribution in [2.45, 2.75) is 18.9 Å². The van der Waals surface area contributed by atoms with Crippen molar-refractivity contribution < 1.29 is 4.92 Å². The fourth-order valence-electron chi connectivity index (χ4n) is 2.53. The van der Waals surface area contributed by atoms with Crippen LogP contribution in [0.4, 0.5) is 5.69 Å². The Kier molecular flexibility index (Phi) is 3.68. The number of rotatable bonds is 3. The molecule has 2 aliphatic rings. The van der Waals surface area contributed by atoms with Gasteiger partial charge in [-0.1, -0.05) is 12.1 Å². The van der Waals surface area contributed by atoms with Gasteiger partial charge in [-0.2, -0.15) is 0 Å². The summed E-state index contributed by atoms with van der Waals surface area (Å²) in [5.41, 5.74) is 3.45. The first kappa shape index (κ1) is 13.4. The number of nitro benzene ring substituents is 1. The molecule has 6 heteroatoms. The molecular formula is C15H16N4O2. The first-order valence-electron chi connectivity index (χ1n) is 6.87. The third-order valence-corrected chi connectivity index (χ3v) is 3.60. The number of allylic oxidation sites excluding steroid dienone is 2. The van der Waals surface area contributed by atoms with Gasteiger partial charge in [-0.15, -0.1) is 0 Å². The molecule has 0 radical (unpaired) electrons. The largest absolute Gasteiger partial charge is 0.382 e. The molecule has 3 rings (SSSR count). The summed E-state index contributed by atoms with van der Waals surface area (Å²) in [7, 11) is 0. The summed E-state index contributed by atoms with van der Waals surface area (Å²) in [5, 5.41) is 17.6. The third kappa shape index (κ3) is 3.10. The van der Waals surface area contributed by atoms with Crippen LogP contribution in [0.3, 0.4) is 0 Å². The highest BCUT2D eigenvalue weighted by Crippen LogP contribution is 2.17. The van der Waals surface area contributed by atoms with Gasteiger partial charge in [0.05, 0.1) is 10.6 Å². The lowest BCUT2D eigenvalue weighted by atomic mass is 10.0. The quantitative estimate of drug-likeness (QED) is 0.656. The van der Waals surface area contributed by atoms with Crippen LogP contribution in [0.25, 0.3) is 0 Å². The van der Waals surface area contributed by atoms with E-state index in [1.807, 2.05) is 24.4 Å². The summed E-state index contributed by atoms with van der Waals surface area (Å²) in [6.45, 7) is 0.820. The second-order valence-corrected chi connectivity index (χ2v) is 5.09. The zero-order chi connectivity index (χ0) is 14.7. The maximum atomic E-state index is 10.7. The van der Waals surface area contributed by atoms with Crippen LogP contribution in [0, 0.1) is 10.1 Å². The van der Waals surface area contributed by atoms with E-state index in [1.165, 1.54) is 0 Å². The van der Waals surface area contributed by atoms with E-state index in [-0.39, 0.29) is 16.7 Å². The van der Waals surface area contributed by atoms with Gasteiger partial charge in [0.15, 0.2) is 0 Å². The minimum Gasteiger partial charge on any atom is -0.382 e. The molecule has 0 saturated carbocycles. The van der Waals surface area contributed by atoms with E-state index >= 15 is 0 Å². The molecule has 1 aromatic carbocycles. The molecule has 0 fully saturated rings. The van der Waals surface area contributed by atoms with E-state index in [0.717, 1.165) is 36.3 Å². The second kappa shape index (κ2) is 5.78. The molecule has 1 atom stereocenters. The standard InChI is InChI=1S/C15H16N4O2/c20-19(21)13-3-1-11(2-4-13)9-12-10-17-14-5-7-16-8-6-15(14)18-12/h1-5,7-8,12,17-18H,6,9-10H2. The number of nitrogens with one attached hydrogen (secondary N) is 2. The fourth-order valence-corrected chi connectivity index (χ4v) is 2.53. The van der Waals surface area contributed by atoms with Crippen molar-refractivity contribution in [3.63, 3.8) is 0 Å². The molecule has 1 unspecified atom stereocenters. The van der Waals surface area contributed by atoms with Crippen molar-refractivity contribution in [3.8, 4) is 0 Å². The Hall–Kier alpha value is -2.63. The summed E-state index contributed by atoms with van der Waals surface area (Å²) in [4.78, 5) is 14.4. The molecule has 0 saturated heterocycles. The molecule has 2 heterocycles. The highest BCUT2D eigenvalue weighted by molar-refractivity contribution is 5.63. The predicted octanol–water partition coefficient (Wildman–Crippen LogP) is 1.90. The first-order chi connectivity index (χ1) is 10.2. The molecule has 1 aromatic rings.